The van der Waals surface area contributed by atoms with Crippen LogP contribution in [-0.4, -0.2) is 25.2 Å². The molecule has 27 heavy (non-hydrogen) atoms. The van der Waals surface area contributed by atoms with Gasteiger partial charge in [-0.3, -0.25) is 0 Å². The van der Waals surface area contributed by atoms with Gasteiger partial charge in [0, 0.05) is 17.0 Å². The van der Waals surface area contributed by atoms with Crippen LogP contribution >= 0.6 is 11.3 Å². The number of nitrogens with zero attached hydrogens (tertiary/aromatic N) is 1. The summed E-state index contributed by atoms with van der Waals surface area (Å²) in [5.41, 5.74) is 2.58. The highest BCUT2D eigenvalue weighted by molar-refractivity contribution is 7.13. The third kappa shape index (κ3) is 5.18. The highest BCUT2D eigenvalue weighted by Crippen LogP contribution is 2.26. The fraction of sp³-hybridized carbons (Fsp3) is 0.143. The molecule has 138 valence electrons. The molecule has 0 unspecified atom stereocenters. The molecule has 1 heterocycles. The average Bonchev–Trinajstić information content (AvgIpc) is 3.20. The molecule has 5 nitrogen and oxygen atoms in total. The highest BCUT2D eigenvalue weighted by Gasteiger charge is 2.07. The number of aromatic nitrogens is 1. The van der Waals surface area contributed by atoms with E-state index in [4.69, 9.17) is 14.2 Å². The van der Waals surface area contributed by atoms with Crippen LogP contribution in [0.5, 0.6) is 11.5 Å². The molecule has 0 aliphatic carbocycles. The van der Waals surface area contributed by atoms with Crippen LogP contribution in [0, 0.1) is 0 Å². The molecule has 0 aliphatic heterocycles. The number of benzene rings is 2. The Hall–Kier alpha value is -3.12. The van der Waals surface area contributed by atoms with E-state index in [-0.39, 0.29) is 6.61 Å². The summed E-state index contributed by atoms with van der Waals surface area (Å²) in [6.07, 6.45) is 3.08. The normalized spacial score (nSPS) is 10.7. The Balaban J connectivity index is 1.55. The van der Waals surface area contributed by atoms with Crippen molar-refractivity contribution in [3.63, 3.8) is 0 Å². The number of carbonyl (C=O) groups excluding carboxylic acids is 1. The summed E-state index contributed by atoms with van der Waals surface area (Å²) in [5, 5.41) is 2.76. The number of methoxy groups -OCH3 is 2. The standard InChI is InChI=1S/C21H19NO4S/c1-24-18-9-7-16(8-10-18)21-22-17(14-27-21)13-26-20(23)11-6-15-4-3-5-19(12-15)25-2/h3-12,14H,13H2,1-2H3/b11-6+. The second kappa shape index (κ2) is 9.00. The Kier molecular flexibility index (Phi) is 6.22. The fourth-order valence-electron chi connectivity index (χ4n) is 2.34. The van der Waals surface area contributed by atoms with Gasteiger partial charge in [-0.05, 0) is 48.0 Å². The lowest BCUT2D eigenvalue weighted by molar-refractivity contribution is -0.139. The van der Waals surface area contributed by atoms with E-state index in [0.717, 1.165) is 27.6 Å². The summed E-state index contributed by atoms with van der Waals surface area (Å²) >= 11 is 1.51. The lowest BCUT2D eigenvalue weighted by atomic mass is 10.2. The molecule has 0 amide bonds. The highest BCUT2D eigenvalue weighted by atomic mass is 32.1. The van der Waals surface area contributed by atoms with E-state index in [1.54, 1.807) is 20.3 Å². The van der Waals surface area contributed by atoms with Crippen molar-refractivity contribution in [2.45, 2.75) is 6.61 Å². The predicted octanol–water partition coefficient (Wildman–Crippen LogP) is 4.58. The molecule has 6 heteroatoms. The monoisotopic (exact) mass is 381 g/mol. The quantitative estimate of drug-likeness (QED) is 0.443. The van der Waals surface area contributed by atoms with Crippen LogP contribution in [0.25, 0.3) is 16.6 Å². The van der Waals surface area contributed by atoms with Crippen molar-refractivity contribution in [3.05, 3.63) is 71.2 Å². The smallest absolute Gasteiger partial charge is 0.331 e. The van der Waals surface area contributed by atoms with Gasteiger partial charge in [0.1, 0.15) is 23.1 Å². The maximum atomic E-state index is 11.9. The minimum Gasteiger partial charge on any atom is -0.497 e. The third-order valence-corrected chi connectivity index (χ3v) is 4.70. The molecule has 0 saturated carbocycles. The molecule has 0 radical (unpaired) electrons. The zero-order chi connectivity index (χ0) is 19.1. The average molecular weight is 381 g/mol. The summed E-state index contributed by atoms with van der Waals surface area (Å²) in [6, 6.07) is 15.1. The van der Waals surface area contributed by atoms with Crippen molar-refractivity contribution < 1.29 is 19.0 Å². The minimum atomic E-state index is -0.420. The van der Waals surface area contributed by atoms with E-state index in [0.29, 0.717) is 5.69 Å². The van der Waals surface area contributed by atoms with Crippen LogP contribution in [0.2, 0.25) is 0 Å². The van der Waals surface area contributed by atoms with E-state index < -0.39 is 5.97 Å². The molecular formula is C21H19NO4S. The van der Waals surface area contributed by atoms with Crippen LogP contribution < -0.4 is 9.47 Å². The molecule has 3 rings (SSSR count). The van der Waals surface area contributed by atoms with Crippen LogP contribution in [0.3, 0.4) is 0 Å². The lowest BCUT2D eigenvalue weighted by Gasteiger charge is -2.01. The van der Waals surface area contributed by atoms with Gasteiger partial charge in [0.25, 0.3) is 0 Å². The van der Waals surface area contributed by atoms with E-state index in [2.05, 4.69) is 4.98 Å². The van der Waals surface area contributed by atoms with E-state index in [9.17, 15) is 4.79 Å². The van der Waals surface area contributed by atoms with Crippen molar-refractivity contribution in [1.29, 1.82) is 0 Å². The van der Waals surface area contributed by atoms with Gasteiger partial charge < -0.3 is 14.2 Å². The first-order valence-corrected chi connectivity index (χ1v) is 9.13. The number of rotatable bonds is 7. The Bertz CT molecular complexity index is 931. The Morgan fingerprint density at radius 3 is 2.59 bits per heavy atom. The van der Waals surface area contributed by atoms with Gasteiger partial charge in [-0.1, -0.05) is 12.1 Å². The van der Waals surface area contributed by atoms with Crippen LogP contribution in [0.4, 0.5) is 0 Å². The van der Waals surface area contributed by atoms with Gasteiger partial charge in [0.2, 0.25) is 0 Å². The van der Waals surface area contributed by atoms with E-state index >= 15 is 0 Å². The topological polar surface area (TPSA) is 57.7 Å². The summed E-state index contributed by atoms with van der Waals surface area (Å²) in [7, 11) is 3.23. The molecule has 0 bridgehead atoms. The van der Waals surface area contributed by atoms with Gasteiger partial charge in [-0.15, -0.1) is 11.3 Å². The van der Waals surface area contributed by atoms with Gasteiger partial charge in [0.05, 0.1) is 19.9 Å². The largest absolute Gasteiger partial charge is 0.497 e. The molecule has 0 fully saturated rings. The number of thiazole rings is 1. The zero-order valence-corrected chi connectivity index (χ0v) is 15.9. The molecule has 0 atom stereocenters. The summed E-state index contributed by atoms with van der Waals surface area (Å²) in [5.74, 6) is 1.11. The summed E-state index contributed by atoms with van der Waals surface area (Å²) in [6.45, 7) is 0.133. The van der Waals surface area contributed by atoms with Gasteiger partial charge in [-0.25, -0.2) is 9.78 Å². The SMILES string of the molecule is COc1ccc(-c2nc(COC(=O)/C=C/c3cccc(OC)c3)cs2)cc1. The molecule has 0 aliphatic rings. The van der Waals surface area contributed by atoms with Crippen molar-refractivity contribution in [2.75, 3.05) is 14.2 Å². The molecule has 3 aromatic rings. The lowest BCUT2D eigenvalue weighted by Crippen LogP contribution is -2.01. The van der Waals surface area contributed by atoms with Crippen molar-refractivity contribution in [2.24, 2.45) is 0 Å². The van der Waals surface area contributed by atoms with E-state index in [1.807, 2.05) is 53.9 Å². The van der Waals surface area contributed by atoms with Crippen LogP contribution in [-0.2, 0) is 16.1 Å². The first kappa shape index (κ1) is 18.7. The van der Waals surface area contributed by atoms with Gasteiger partial charge >= 0.3 is 5.97 Å². The van der Waals surface area contributed by atoms with E-state index in [1.165, 1.54) is 17.4 Å². The number of hydrogen-bond donors (Lipinski definition) is 0. The Morgan fingerprint density at radius 1 is 1.07 bits per heavy atom. The molecule has 0 N–H and O–H groups in total. The zero-order valence-electron chi connectivity index (χ0n) is 15.0. The molecule has 0 spiro atoms. The van der Waals surface area contributed by atoms with Crippen LogP contribution in [0.15, 0.2) is 60.0 Å². The second-order valence-electron chi connectivity index (χ2n) is 5.59. The summed E-state index contributed by atoms with van der Waals surface area (Å²) in [4.78, 5) is 16.4. The first-order chi connectivity index (χ1) is 13.2. The number of carbonyl (C=O) groups is 1. The Labute approximate surface area is 161 Å². The van der Waals surface area contributed by atoms with Crippen molar-refractivity contribution in [3.8, 4) is 22.1 Å². The molecular weight excluding hydrogens is 362 g/mol. The maximum Gasteiger partial charge on any atom is 0.331 e. The Morgan fingerprint density at radius 2 is 1.85 bits per heavy atom. The first-order valence-electron chi connectivity index (χ1n) is 8.25. The van der Waals surface area contributed by atoms with Gasteiger partial charge in [-0.2, -0.15) is 0 Å². The molecule has 0 saturated heterocycles. The number of esters is 1. The molecule has 2 aromatic carbocycles. The van der Waals surface area contributed by atoms with Gasteiger partial charge in [0.15, 0.2) is 0 Å². The van der Waals surface area contributed by atoms with Crippen molar-refractivity contribution >= 4 is 23.4 Å². The van der Waals surface area contributed by atoms with Crippen molar-refractivity contribution in [1.82, 2.24) is 4.98 Å². The number of hydrogen-bond acceptors (Lipinski definition) is 6. The molecule has 1 aromatic heterocycles. The van der Waals surface area contributed by atoms with Crippen LogP contribution in [0.1, 0.15) is 11.3 Å². The fourth-order valence-corrected chi connectivity index (χ4v) is 3.15. The third-order valence-electron chi connectivity index (χ3n) is 3.76. The second-order valence-corrected chi connectivity index (χ2v) is 6.45. The summed E-state index contributed by atoms with van der Waals surface area (Å²) < 4.78 is 15.6. The number of ether oxygens (including phenoxy) is 3. The minimum absolute atomic E-state index is 0.133. The predicted molar refractivity (Wildman–Crippen MR) is 106 cm³/mol. The maximum absolute atomic E-state index is 11.9.